The molecule has 3 fully saturated rings. The summed E-state index contributed by atoms with van der Waals surface area (Å²) in [6, 6.07) is 11.2. The van der Waals surface area contributed by atoms with E-state index in [0.29, 0.717) is 57.4 Å². The van der Waals surface area contributed by atoms with Crippen molar-refractivity contribution < 1.29 is 52.6 Å². The number of hydrogen-bond acceptors (Lipinski definition) is 15. The molecule has 7 rings (SSSR count). The Morgan fingerprint density at radius 3 is 2.17 bits per heavy atom. The number of nitrogens with one attached hydrogen (secondary N) is 6. The predicted molar refractivity (Wildman–Crippen MR) is 276 cm³/mol. The van der Waals surface area contributed by atoms with E-state index in [2.05, 4.69) is 41.8 Å². The first-order valence-electron chi connectivity index (χ1n) is 25.5. The maximum atomic E-state index is 14.1. The largest absolute Gasteiger partial charge is 0.509 e. The molecule has 1 unspecified atom stereocenters. The van der Waals surface area contributed by atoms with Crippen molar-refractivity contribution in [2.75, 3.05) is 64.7 Å². The smallest absolute Gasteiger partial charge is 0.430 e. The summed E-state index contributed by atoms with van der Waals surface area (Å²) in [5, 5.41) is 17.1. The van der Waals surface area contributed by atoms with E-state index >= 15 is 0 Å². The van der Waals surface area contributed by atoms with Gasteiger partial charge in [0.25, 0.3) is 17.7 Å². The number of likely N-dealkylation sites (N-methyl/N-ethyl adjacent to an activating group) is 1. The number of urea groups is 1. The highest BCUT2D eigenvalue weighted by Gasteiger charge is 2.51. The van der Waals surface area contributed by atoms with Gasteiger partial charge in [0.05, 0.1) is 28.2 Å². The highest BCUT2D eigenvalue weighted by Crippen LogP contribution is 2.42. The monoisotopic (exact) mass is 1050 g/mol. The Morgan fingerprint density at radius 2 is 1.53 bits per heavy atom. The molecule has 2 saturated heterocycles. The number of unbranched alkanes of at least 4 members (excludes halogenated alkanes) is 2. The summed E-state index contributed by atoms with van der Waals surface area (Å²) < 4.78 is 11.5. The van der Waals surface area contributed by atoms with Gasteiger partial charge < -0.3 is 56.9 Å². The molecule has 23 heteroatoms. The summed E-state index contributed by atoms with van der Waals surface area (Å²) in [7, 11) is 1.94. The molecular weight excluding hydrogens is 987 g/mol. The van der Waals surface area contributed by atoms with Crippen LogP contribution in [0.2, 0.25) is 0 Å². The van der Waals surface area contributed by atoms with Gasteiger partial charge in [0.2, 0.25) is 29.7 Å². The minimum atomic E-state index is -1.41. The fourth-order valence-electron chi connectivity index (χ4n) is 9.34. The number of piperazine rings is 1. The maximum absolute atomic E-state index is 14.1. The van der Waals surface area contributed by atoms with E-state index in [9.17, 15) is 43.2 Å². The lowest BCUT2D eigenvalue weighted by Crippen LogP contribution is -2.58. The molecule has 22 nitrogen and oxygen atoms in total. The summed E-state index contributed by atoms with van der Waals surface area (Å²) in [6.07, 6.45) is 2.65. The van der Waals surface area contributed by atoms with Gasteiger partial charge in [-0.05, 0) is 89.1 Å². The zero-order chi connectivity index (χ0) is 53.6. The van der Waals surface area contributed by atoms with Gasteiger partial charge >= 0.3 is 12.2 Å². The molecule has 9 amide bonds. The summed E-state index contributed by atoms with van der Waals surface area (Å²) in [4.78, 5) is 128. The number of primary amides is 1. The molecule has 1 saturated carbocycles. The van der Waals surface area contributed by atoms with Crippen LogP contribution >= 0.6 is 11.3 Å². The van der Waals surface area contributed by atoms with Crippen LogP contribution in [0.4, 0.5) is 15.3 Å². The van der Waals surface area contributed by atoms with Gasteiger partial charge in [0.1, 0.15) is 17.6 Å². The summed E-state index contributed by atoms with van der Waals surface area (Å²) in [6.45, 7) is 6.70. The number of carbonyl (C=O) groups excluding carboxylic acids is 9. The molecule has 0 spiro atoms. The Bertz CT molecular complexity index is 2580. The van der Waals surface area contributed by atoms with Gasteiger partial charge in [-0.1, -0.05) is 42.8 Å². The van der Waals surface area contributed by atoms with Crippen LogP contribution in [-0.2, 0) is 43.0 Å². The van der Waals surface area contributed by atoms with Gasteiger partial charge in [-0.3, -0.25) is 38.5 Å². The van der Waals surface area contributed by atoms with Gasteiger partial charge in [0, 0.05) is 82.2 Å². The molecule has 3 aromatic rings. The van der Waals surface area contributed by atoms with E-state index in [-0.39, 0.29) is 87.7 Å². The molecule has 4 heterocycles. The van der Waals surface area contributed by atoms with Crippen LogP contribution in [0.5, 0.6) is 0 Å². The molecule has 0 bridgehead atoms. The Hall–Kier alpha value is -7.24. The van der Waals surface area contributed by atoms with Crippen molar-refractivity contribution in [2.45, 2.75) is 102 Å². The molecule has 4 aliphatic rings. The standard InChI is InChI=1S/C52H67N11O11S/c1-32(34-10-12-36(13-11-34)44-33(2)57-31-75-44)58-46(67)40-29-38(30-56-40)73-51(72)74-43(47(68)62-27-25-61(3)26-28-62)35-14-16-37(17-15-35)59-45(66)39(9-7-23-55-50(53)71)60-49(70)52(20-8-21-52)48(69)54-22-5-4-6-24-63-41(64)18-19-42(63)65/h10-19,31-32,38-40,43,56H,4-9,20-30H2,1-3H3,(H,54,69)(H,58,67)(H,59,66)(H,60,70)(H3,53,55,71)/t32-,38+,39-,40-,43?/m0/s1. The van der Waals surface area contributed by atoms with Crippen molar-refractivity contribution in [1.82, 2.24) is 46.3 Å². The number of hydrogen-bond donors (Lipinski definition) is 7. The minimum Gasteiger partial charge on any atom is -0.430 e. The van der Waals surface area contributed by atoms with Crippen molar-refractivity contribution in [3.63, 3.8) is 0 Å². The van der Waals surface area contributed by atoms with Gasteiger partial charge in [0.15, 0.2) is 0 Å². The van der Waals surface area contributed by atoms with E-state index in [4.69, 9.17) is 15.2 Å². The highest BCUT2D eigenvalue weighted by atomic mass is 32.1. The van der Waals surface area contributed by atoms with Crippen LogP contribution < -0.4 is 37.6 Å². The second-order valence-electron chi connectivity index (χ2n) is 19.4. The van der Waals surface area contributed by atoms with Crippen molar-refractivity contribution in [3.8, 4) is 10.4 Å². The van der Waals surface area contributed by atoms with Crippen LogP contribution in [0, 0.1) is 12.3 Å². The van der Waals surface area contributed by atoms with Gasteiger partial charge in [-0.2, -0.15) is 0 Å². The average molecular weight is 1050 g/mol. The second-order valence-corrected chi connectivity index (χ2v) is 20.3. The molecule has 2 aromatic carbocycles. The third-order valence-electron chi connectivity index (χ3n) is 14.1. The number of aromatic nitrogens is 1. The summed E-state index contributed by atoms with van der Waals surface area (Å²) in [5.74, 6) is -3.11. The zero-order valence-electron chi connectivity index (χ0n) is 42.5. The molecule has 402 valence electrons. The minimum absolute atomic E-state index is 0.0763. The third-order valence-corrected chi connectivity index (χ3v) is 15.1. The molecule has 8 N–H and O–H groups in total. The fraction of sp³-hybridized carbons (Fsp3) is 0.500. The molecular formula is C52H67N11O11S. The topological polar surface area (TPSA) is 293 Å². The Labute approximate surface area is 439 Å². The van der Waals surface area contributed by atoms with Crippen LogP contribution in [0.15, 0.2) is 66.2 Å². The predicted octanol–water partition coefficient (Wildman–Crippen LogP) is 2.95. The Morgan fingerprint density at radius 1 is 0.853 bits per heavy atom. The summed E-state index contributed by atoms with van der Waals surface area (Å²) >= 11 is 1.57. The van der Waals surface area contributed by atoms with Crippen LogP contribution in [0.25, 0.3) is 10.4 Å². The molecule has 1 aromatic heterocycles. The van der Waals surface area contributed by atoms with E-state index in [0.717, 1.165) is 26.6 Å². The van der Waals surface area contributed by atoms with E-state index < -0.39 is 65.5 Å². The Balaban J connectivity index is 0.939. The number of rotatable bonds is 23. The number of thiazole rings is 1. The van der Waals surface area contributed by atoms with Gasteiger partial charge in [-0.25, -0.2) is 14.6 Å². The van der Waals surface area contributed by atoms with Crippen molar-refractivity contribution in [1.29, 1.82) is 0 Å². The quantitative estimate of drug-likeness (QED) is 0.0311. The molecule has 3 aliphatic heterocycles. The van der Waals surface area contributed by atoms with E-state index in [1.807, 2.05) is 50.7 Å². The van der Waals surface area contributed by atoms with Crippen molar-refractivity contribution >= 4 is 70.6 Å². The highest BCUT2D eigenvalue weighted by molar-refractivity contribution is 7.13. The third kappa shape index (κ3) is 14.5. The van der Waals surface area contributed by atoms with E-state index in [1.165, 1.54) is 36.4 Å². The van der Waals surface area contributed by atoms with Crippen molar-refractivity contribution in [3.05, 3.63) is 83.0 Å². The Kier molecular flexibility index (Phi) is 19.1. The first kappa shape index (κ1) is 55.5. The fourth-order valence-corrected chi connectivity index (χ4v) is 10.2. The average Bonchev–Trinajstić information content (AvgIpc) is 4.12. The molecule has 5 atom stereocenters. The normalized spacial score (nSPS) is 19.3. The number of imide groups is 1. The lowest BCUT2D eigenvalue weighted by Gasteiger charge is -2.39. The number of anilines is 1. The maximum Gasteiger partial charge on any atom is 0.509 e. The lowest BCUT2D eigenvalue weighted by molar-refractivity contribution is -0.151. The van der Waals surface area contributed by atoms with Crippen LogP contribution in [0.1, 0.15) is 93.7 Å². The second kappa shape index (κ2) is 25.8. The first-order valence-corrected chi connectivity index (χ1v) is 26.3. The van der Waals surface area contributed by atoms with Crippen LogP contribution in [-0.4, -0.2) is 151 Å². The SMILES string of the molecule is Cc1ncsc1-c1ccc([C@H](C)NC(=O)[C@@H]2C[C@@H](OC(=O)OC(C(=O)N3CCN(C)CC3)c3ccc(NC(=O)[C@H](CCCNC(N)=O)NC(=O)C4(C(=O)NCCCCCN5C(=O)C=CC5=O)CCC4)cc3)CN2)cc1. The van der Waals surface area contributed by atoms with Crippen molar-refractivity contribution in [2.24, 2.45) is 11.1 Å². The number of benzene rings is 2. The van der Waals surface area contributed by atoms with E-state index in [1.54, 1.807) is 16.2 Å². The number of carbonyl (C=O) groups is 9. The zero-order valence-corrected chi connectivity index (χ0v) is 43.3. The lowest BCUT2D eigenvalue weighted by atomic mass is 9.67. The summed E-state index contributed by atoms with van der Waals surface area (Å²) in [5.41, 5.74) is 9.17. The number of aryl methyl sites for hydroxylation is 1. The number of amides is 9. The first-order chi connectivity index (χ1) is 36.0. The number of ether oxygens (including phenoxy) is 2. The number of nitrogens with zero attached hydrogens (tertiary/aromatic N) is 4. The molecule has 0 radical (unpaired) electrons. The molecule has 1 aliphatic carbocycles. The van der Waals surface area contributed by atoms with Gasteiger partial charge in [-0.15, -0.1) is 11.3 Å². The van der Waals surface area contributed by atoms with Crippen LogP contribution in [0.3, 0.4) is 0 Å². The molecule has 75 heavy (non-hydrogen) atoms. The number of nitrogens with two attached hydrogens (primary N) is 1.